The number of aromatic nitrogens is 4. The van der Waals surface area contributed by atoms with Gasteiger partial charge in [-0.2, -0.15) is 0 Å². The Kier molecular flexibility index (Phi) is 2.84. The van der Waals surface area contributed by atoms with Gasteiger partial charge in [-0.1, -0.05) is 24.3 Å². The molecule has 4 rings (SSSR count). The van der Waals surface area contributed by atoms with Crippen LogP contribution in [0.5, 0.6) is 0 Å². The van der Waals surface area contributed by atoms with Crippen LogP contribution in [0, 0.1) is 6.92 Å². The van der Waals surface area contributed by atoms with Gasteiger partial charge in [0, 0.05) is 0 Å². The molecule has 2 heterocycles. The van der Waals surface area contributed by atoms with E-state index in [2.05, 4.69) is 49.5 Å². The fourth-order valence-electron chi connectivity index (χ4n) is 3.12. The fraction of sp³-hybridized carbons (Fsp3) is 0.312. The van der Waals surface area contributed by atoms with Crippen LogP contribution >= 0.6 is 0 Å². The van der Waals surface area contributed by atoms with Crippen LogP contribution in [0.2, 0.25) is 0 Å². The van der Waals surface area contributed by atoms with Crippen molar-refractivity contribution in [3.8, 4) is 0 Å². The van der Waals surface area contributed by atoms with E-state index >= 15 is 0 Å². The first-order chi connectivity index (χ1) is 10.3. The summed E-state index contributed by atoms with van der Waals surface area (Å²) in [6.07, 6.45) is 5.05. The van der Waals surface area contributed by atoms with E-state index in [-0.39, 0.29) is 0 Å². The van der Waals surface area contributed by atoms with Crippen molar-refractivity contribution < 1.29 is 0 Å². The zero-order valence-electron chi connectivity index (χ0n) is 11.9. The Balaban J connectivity index is 1.73. The first-order valence-electron chi connectivity index (χ1n) is 7.33. The van der Waals surface area contributed by atoms with Crippen LogP contribution in [0.1, 0.15) is 35.8 Å². The highest BCUT2D eigenvalue weighted by atomic mass is 15.1. The SMILES string of the molecule is Cc1nc2ncnc(NC3CCCc4ccccc43)c2[nH]1. The van der Waals surface area contributed by atoms with Gasteiger partial charge in [-0.3, -0.25) is 0 Å². The van der Waals surface area contributed by atoms with Gasteiger partial charge >= 0.3 is 0 Å². The molecule has 0 spiro atoms. The number of imidazole rings is 1. The highest BCUT2D eigenvalue weighted by Gasteiger charge is 2.21. The average Bonchev–Trinajstić information content (AvgIpc) is 2.89. The van der Waals surface area contributed by atoms with Crippen LogP contribution in [0.3, 0.4) is 0 Å². The monoisotopic (exact) mass is 279 g/mol. The summed E-state index contributed by atoms with van der Waals surface area (Å²) in [6, 6.07) is 8.95. The molecule has 21 heavy (non-hydrogen) atoms. The molecular formula is C16H17N5. The van der Waals surface area contributed by atoms with Crippen molar-refractivity contribution in [1.29, 1.82) is 0 Å². The Bertz CT molecular complexity index is 792. The summed E-state index contributed by atoms with van der Waals surface area (Å²) < 4.78 is 0. The van der Waals surface area contributed by atoms with Crippen LogP contribution in [0.25, 0.3) is 11.2 Å². The Morgan fingerprint density at radius 3 is 3.10 bits per heavy atom. The smallest absolute Gasteiger partial charge is 0.183 e. The summed E-state index contributed by atoms with van der Waals surface area (Å²) in [7, 11) is 0. The summed E-state index contributed by atoms with van der Waals surface area (Å²) in [6.45, 7) is 1.93. The van der Waals surface area contributed by atoms with E-state index in [0.717, 1.165) is 30.0 Å². The van der Waals surface area contributed by atoms with Gasteiger partial charge in [-0.25, -0.2) is 15.0 Å². The van der Waals surface area contributed by atoms with Crippen LogP contribution in [0.15, 0.2) is 30.6 Å². The Morgan fingerprint density at radius 1 is 1.24 bits per heavy atom. The number of nitrogens with one attached hydrogen (secondary N) is 2. The zero-order valence-corrected chi connectivity index (χ0v) is 11.9. The van der Waals surface area contributed by atoms with Crippen LogP contribution < -0.4 is 5.32 Å². The Morgan fingerprint density at radius 2 is 2.14 bits per heavy atom. The molecule has 0 saturated carbocycles. The molecule has 2 N–H and O–H groups in total. The van der Waals surface area contributed by atoms with Gasteiger partial charge in [0.25, 0.3) is 0 Å². The number of aromatic amines is 1. The minimum absolute atomic E-state index is 0.302. The van der Waals surface area contributed by atoms with E-state index in [1.807, 2.05) is 6.92 Å². The quantitative estimate of drug-likeness (QED) is 0.756. The van der Waals surface area contributed by atoms with Crippen LogP contribution in [-0.2, 0) is 6.42 Å². The number of hydrogen-bond acceptors (Lipinski definition) is 4. The lowest BCUT2D eigenvalue weighted by Gasteiger charge is -2.26. The maximum atomic E-state index is 4.39. The van der Waals surface area contributed by atoms with Gasteiger partial charge in [0.2, 0.25) is 0 Å². The van der Waals surface area contributed by atoms with Crippen molar-refractivity contribution in [2.45, 2.75) is 32.2 Å². The predicted molar refractivity (Wildman–Crippen MR) is 82.2 cm³/mol. The topological polar surface area (TPSA) is 66.5 Å². The first kappa shape index (κ1) is 12.3. The van der Waals surface area contributed by atoms with E-state index < -0.39 is 0 Å². The van der Waals surface area contributed by atoms with Crippen molar-refractivity contribution in [2.75, 3.05) is 5.32 Å². The molecule has 0 bridgehead atoms. The third-order valence-electron chi connectivity index (χ3n) is 4.09. The molecule has 1 aromatic carbocycles. The Hall–Kier alpha value is -2.43. The van der Waals surface area contributed by atoms with Gasteiger partial charge in [0.15, 0.2) is 11.5 Å². The van der Waals surface area contributed by atoms with Gasteiger partial charge < -0.3 is 10.3 Å². The lowest BCUT2D eigenvalue weighted by molar-refractivity contribution is 0.599. The largest absolute Gasteiger partial charge is 0.361 e. The average molecular weight is 279 g/mol. The molecule has 0 fully saturated rings. The summed E-state index contributed by atoms with van der Waals surface area (Å²) in [5.74, 6) is 1.69. The van der Waals surface area contributed by atoms with Gasteiger partial charge in [-0.05, 0) is 37.3 Å². The van der Waals surface area contributed by atoms with Crippen molar-refractivity contribution in [1.82, 2.24) is 19.9 Å². The van der Waals surface area contributed by atoms with Crippen LogP contribution in [0.4, 0.5) is 5.82 Å². The zero-order chi connectivity index (χ0) is 14.2. The standard InChI is InChI=1S/C16H17N5/c1-10-19-14-15(20-10)17-9-18-16(14)21-13-8-4-6-11-5-2-3-7-12(11)13/h2-3,5,7,9,13H,4,6,8H2,1H3,(H2,17,18,19,20,21). The number of anilines is 1. The lowest BCUT2D eigenvalue weighted by Crippen LogP contribution is -2.18. The second-order valence-corrected chi connectivity index (χ2v) is 5.53. The molecule has 1 unspecified atom stereocenters. The van der Waals surface area contributed by atoms with Crippen molar-refractivity contribution in [3.63, 3.8) is 0 Å². The number of rotatable bonds is 2. The minimum Gasteiger partial charge on any atom is -0.361 e. The van der Waals surface area contributed by atoms with Crippen molar-refractivity contribution in [3.05, 3.63) is 47.5 Å². The fourth-order valence-corrected chi connectivity index (χ4v) is 3.12. The van der Waals surface area contributed by atoms with E-state index in [4.69, 9.17) is 0 Å². The maximum Gasteiger partial charge on any atom is 0.183 e. The van der Waals surface area contributed by atoms with E-state index in [1.165, 1.54) is 17.5 Å². The molecule has 2 aromatic heterocycles. The van der Waals surface area contributed by atoms with E-state index in [1.54, 1.807) is 6.33 Å². The predicted octanol–water partition coefficient (Wildman–Crippen LogP) is 3.15. The maximum absolute atomic E-state index is 4.39. The number of fused-ring (bicyclic) bond motifs is 2. The van der Waals surface area contributed by atoms with Gasteiger partial charge in [0.1, 0.15) is 17.7 Å². The summed E-state index contributed by atoms with van der Waals surface area (Å²) >= 11 is 0. The molecule has 3 aromatic rings. The summed E-state index contributed by atoms with van der Waals surface area (Å²) in [5.41, 5.74) is 4.42. The normalized spacial score (nSPS) is 17.7. The number of aryl methyl sites for hydroxylation is 2. The molecule has 5 heteroatoms. The molecule has 5 nitrogen and oxygen atoms in total. The molecule has 0 amide bonds. The molecule has 0 aliphatic heterocycles. The number of benzene rings is 1. The van der Waals surface area contributed by atoms with Gasteiger partial charge in [0.05, 0.1) is 6.04 Å². The van der Waals surface area contributed by atoms with E-state index in [9.17, 15) is 0 Å². The molecular weight excluding hydrogens is 262 g/mol. The summed E-state index contributed by atoms with van der Waals surface area (Å²) in [4.78, 5) is 16.2. The highest BCUT2D eigenvalue weighted by Crippen LogP contribution is 2.32. The highest BCUT2D eigenvalue weighted by molar-refractivity contribution is 5.82. The third kappa shape index (κ3) is 2.14. The molecule has 1 aliphatic rings. The Labute approximate surface area is 122 Å². The molecule has 1 aliphatic carbocycles. The van der Waals surface area contributed by atoms with Crippen LogP contribution in [-0.4, -0.2) is 19.9 Å². The van der Waals surface area contributed by atoms with E-state index in [0.29, 0.717) is 11.7 Å². The van der Waals surface area contributed by atoms with Gasteiger partial charge in [-0.15, -0.1) is 0 Å². The van der Waals surface area contributed by atoms with Crippen molar-refractivity contribution >= 4 is 17.0 Å². The number of H-pyrrole nitrogens is 1. The number of hydrogen-bond donors (Lipinski definition) is 2. The van der Waals surface area contributed by atoms with Crippen molar-refractivity contribution in [2.24, 2.45) is 0 Å². The second-order valence-electron chi connectivity index (χ2n) is 5.53. The molecule has 1 atom stereocenters. The third-order valence-corrected chi connectivity index (χ3v) is 4.09. The number of nitrogens with zero attached hydrogens (tertiary/aromatic N) is 3. The second kappa shape index (κ2) is 4.84. The first-order valence-corrected chi connectivity index (χ1v) is 7.33. The molecule has 0 radical (unpaired) electrons. The molecule has 0 saturated heterocycles. The summed E-state index contributed by atoms with van der Waals surface area (Å²) in [5, 5.41) is 3.57. The minimum atomic E-state index is 0.302. The molecule has 106 valence electrons. The lowest BCUT2D eigenvalue weighted by atomic mass is 9.88.